The fourth-order valence-electron chi connectivity index (χ4n) is 2.46. The number of benzene rings is 2. The highest BCUT2D eigenvalue weighted by atomic mass is 32.2. The number of nitrogens with two attached hydrogens (primary N) is 1. The number of thioether (sulfide) groups is 1. The van der Waals surface area contributed by atoms with Crippen LogP contribution in [0.1, 0.15) is 23.9 Å². The number of carbonyl (C=O) groups excluding carboxylic acids is 1. The van der Waals surface area contributed by atoms with Crippen LogP contribution >= 0.6 is 11.8 Å². The van der Waals surface area contributed by atoms with Gasteiger partial charge in [-0.1, -0.05) is 61.2 Å². The zero-order valence-corrected chi connectivity index (χ0v) is 15.4. The van der Waals surface area contributed by atoms with Crippen LogP contribution in [0.4, 0.5) is 5.69 Å². The van der Waals surface area contributed by atoms with Crippen LogP contribution in [0.15, 0.2) is 59.8 Å². The standard InChI is InChI=1S/C19H21N5OS/c1-2-14-8-10-16(11-9-14)21-18(25)13-26-19-23-22-17(24(19)20)12-15-6-4-3-5-7-15/h3-11H,2,12-13,20H2,1H3,(H,21,25). The number of hydrogen-bond acceptors (Lipinski definition) is 5. The molecule has 0 aliphatic rings. The van der Waals surface area contributed by atoms with Crippen LogP contribution in [0, 0.1) is 0 Å². The SMILES string of the molecule is CCc1ccc(NC(=O)CSc2nnc(Cc3ccccc3)n2N)cc1. The Morgan fingerprint density at radius 1 is 1.08 bits per heavy atom. The summed E-state index contributed by atoms with van der Waals surface area (Å²) in [5.74, 6) is 6.84. The summed E-state index contributed by atoms with van der Waals surface area (Å²) in [6, 6.07) is 17.8. The molecule has 26 heavy (non-hydrogen) atoms. The van der Waals surface area contributed by atoms with E-state index in [1.165, 1.54) is 22.0 Å². The molecule has 134 valence electrons. The fraction of sp³-hybridized carbons (Fsp3) is 0.211. The summed E-state index contributed by atoms with van der Waals surface area (Å²) in [7, 11) is 0. The summed E-state index contributed by atoms with van der Waals surface area (Å²) in [6.07, 6.45) is 1.57. The molecular weight excluding hydrogens is 346 g/mol. The normalized spacial score (nSPS) is 10.7. The fourth-order valence-corrected chi connectivity index (χ4v) is 3.13. The van der Waals surface area contributed by atoms with E-state index in [4.69, 9.17) is 5.84 Å². The number of anilines is 1. The molecule has 3 rings (SSSR count). The maximum absolute atomic E-state index is 12.1. The first kappa shape index (κ1) is 18.0. The molecule has 0 aliphatic heterocycles. The zero-order chi connectivity index (χ0) is 18.4. The van der Waals surface area contributed by atoms with Crippen molar-refractivity contribution >= 4 is 23.4 Å². The van der Waals surface area contributed by atoms with Crippen molar-refractivity contribution < 1.29 is 4.79 Å². The van der Waals surface area contributed by atoms with Gasteiger partial charge in [-0.2, -0.15) is 0 Å². The van der Waals surface area contributed by atoms with Gasteiger partial charge in [0.15, 0.2) is 5.82 Å². The van der Waals surface area contributed by atoms with Crippen LogP contribution in [0.5, 0.6) is 0 Å². The summed E-state index contributed by atoms with van der Waals surface area (Å²) in [6.45, 7) is 2.10. The van der Waals surface area contributed by atoms with Crippen LogP contribution in [-0.2, 0) is 17.6 Å². The third-order valence-corrected chi connectivity index (χ3v) is 4.86. The number of nitrogens with one attached hydrogen (secondary N) is 1. The van der Waals surface area contributed by atoms with Gasteiger partial charge in [0.05, 0.1) is 5.75 Å². The van der Waals surface area contributed by atoms with Crippen molar-refractivity contribution in [3.63, 3.8) is 0 Å². The largest absolute Gasteiger partial charge is 0.336 e. The van der Waals surface area contributed by atoms with Gasteiger partial charge in [0.25, 0.3) is 0 Å². The summed E-state index contributed by atoms with van der Waals surface area (Å²) in [4.78, 5) is 12.1. The first-order valence-electron chi connectivity index (χ1n) is 8.40. The molecule has 1 heterocycles. The van der Waals surface area contributed by atoms with E-state index in [-0.39, 0.29) is 11.7 Å². The molecule has 0 spiro atoms. The van der Waals surface area contributed by atoms with E-state index in [1.807, 2.05) is 54.6 Å². The van der Waals surface area contributed by atoms with Crippen LogP contribution in [0.25, 0.3) is 0 Å². The topological polar surface area (TPSA) is 85.8 Å². The molecule has 0 fully saturated rings. The molecule has 0 bridgehead atoms. The number of rotatable bonds is 7. The molecule has 7 heteroatoms. The van der Waals surface area contributed by atoms with Crippen molar-refractivity contribution in [1.82, 2.24) is 14.9 Å². The Hall–Kier alpha value is -2.80. The van der Waals surface area contributed by atoms with E-state index in [0.717, 1.165) is 17.7 Å². The number of aromatic nitrogens is 3. The molecule has 0 aliphatic carbocycles. The van der Waals surface area contributed by atoms with Crippen LogP contribution in [-0.4, -0.2) is 26.5 Å². The van der Waals surface area contributed by atoms with Crippen molar-refractivity contribution in [3.8, 4) is 0 Å². The molecule has 2 aromatic carbocycles. The number of nitrogen functional groups attached to an aromatic ring is 1. The highest BCUT2D eigenvalue weighted by Gasteiger charge is 2.13. The Bertz CT molecular complexity index is 861. The molecule has 0 saturated heterocycles. The monoisotopic (exact) mass is 367 g/mol. The first-order chi connectivity index (χ1) is 12.7. The van der Waals surface area contributed by atoms with Gasteiger partial charge >= 0.3 is 0 Å². The van der Waals surface area contributed by atoms with Gasteiger partial charge in [0, 0.05) is 12.1 Å². The Balaban J connectivity index is 1.55. The van der Waals surface area contributed by atoms with Crippen molar-refractivity contribution in [2.24, 2.45) is 0 Å². The van der Waals surface area contributed by atoms with Gasteiger partial charge in [0.1, 0.15) is 0 Å². The minimum absolute atomic E-state index is 0.105. The van der Waals surface area contributed by atoms with Gasteiger partial charge in [-0.3, -0.25) is 4.79 Å². The molecule has 3 aromatic rings. The van der Waals surface area contributed by atoms with Crippen LogP contribution < -0.4 is 11.2 Å². The maximum atomic E-state index is 12.1. The predicted octanol–water partition coefficient (Wildman–Crippen LogP) is 2.88. The van der Waals surface area contributed by atoms with Crippen molar-refractivity contribution in [2.45, 2.75) is 24.9 Å². The number of amides is 1. The van der Waals surface area contributed by atoms with E-state index in [1.54, 1.807) is 0 Å². The third-order valence-electron chi connectivity index (χ3n) is 3.92. The van der Waals surface area contributed by atoms with Gasteiger partial charge in [-0.05, 0) is 29.7 Å². The number of carbonyl (C=O) groups is 1. The molecule has 0 radical (unpaired) electrons. The Labute approximate surface area is 156 Å². The third kappa shape index (κ3) is 4.64. The summed E-state index contributed by atoms with van der Waals surface area (Å²) >= 11 is 1.27. The van der Waals surface area contributed by atoms with E-state index in [9.17, 15) is 4.79 Å². The number of nitrogens with zero attached hydrogens (tertiary/aromatic N) is 3. The number of hydrogen-bond donors (Lipinski definition) is 2. The molecule has 0 atom stereocenters. The minimum atomic E-state index is -0.105. The van der Waals surface area contributed by atoms with Crippen LogP contribution in [0.3, 0.4) is 0 Å². The van der Waals surface area contributed by atoms with Gasteiger partial charge < -0.3 is 11.2 Å². The molecule has 0 saturated carbocycles. The second kappa shape index (κ2) is 8.53. The highest BCUT2D eigenvalue weighted by molar-refractivity contribution is 7.99. The molecule has 6 nitrogen and oxygen atoms in total. The first-order valence-corrected chi connectivity index (χ1v) is 9.39. The second-order valence-electron chi connectivity index (χ2n) is 5.82. The number of aryl methyl sites for hydroxylation is 1. The van der Waals surface area contributed by atoms with E-state index in [2.05, 4.69) is 22.4 Å². The van der Waals surface area contributed by atoms with E-state index >= 15 is 0 Å². The molecule has 1 amide bonds. The van der Waals surface area contributed by atoms with Gasteiger partial charge in [-0.25, -0.2) is 4.68 Å². The average molecular weight is 367 g/mol. The summed E-state index contributed by atoms with van der Waals surface area (Å²) < 4.78 is 1.45. The highest BCUT2D eigenvalue weighted by Crippen LogP contribution is 2.17. The molecule has 3 N–H and O–H groups in total. The second-order valence-corrected chi connectivity index (χ2v) is 6.76. The summed E-state index contributed by atoms with van der Waals surface area (Å²) in [5.41, 5.74) is 3.13. The average Bonchev–Trinajstić information content (AvgIpc) is 3.01. The van der Waals surface area contributed by atoms with Crippen molar-refractivity contribution in [3.05, 3.63) is 71.5 Å². The lowest BCUT2D eigenvalue weighted by Crippen LogP contribution is -2.17. The van der Waals surface area contributed by atoms with Gasteiger partial charge in [0.2, 0.25) is 11.1 Å². The Kier molecular flexibility index (Phi) is 5.91. The van der Waals surface area contributed by atoms with E-state index < -0.39 is 0 Å². The lowest BCUT2D eigenvalue weighted by Gasteiger charge is -2.06. The molecule has 1 aromatic heterocycles. The molecular formula is C19H21N5OS. The summed E-state index contributed by atoms with van der Waals surface area (Å²) in [5, 5.41) is 11.6. The Morgan fingerprint density at radius 2 is 1.81 bits per heavy atom. The van der Waals surface area contributed by atoms with Gasteiger partial charge in [-0.15, -0.1) is 10.2 Å². The Morgan fingerprint density at radius 3 is 2.50 bits per heavy atom. The molecule has 0 unspecified atom stereocenters. The van der Waals surface area contributed by atoms with Crippen LogP contribution in [0.2, 0.25) is 0 Å². The van der Waals surface area contributed by atoms with E-state index in [0.29, 0.717) is 17.4 Å². The predicted molar refractivity (Wildman–Crippen MR) is 105 cm³/mol. The van der Waals surface area contributed by atoms with Crippen molar-refractivity contribution in [2.75, 3.05) is 16.9 Å². The lowest BCUT2D eigenvalue weighted by molar-refractivity contribution is -0.113. The zero-order valence-electron chi connectivity index (χ0n) is 14.6. The quantitative estimate of drug-likeness (QED) is 0.495. The smallest absolute Gasteiger partial charge is 0.234 e. The van der Waals surface area contributed by atoms with Crippen molar-refractivity contribution in [1.29, 1.82) is 0 Å². The minimum Gasteiger partial charge on any atom is -0.336 e. The lowest BCUT2D eigenvalue weighted by atomic mass is 10.1. The maximum Gasteiger partial charge on any atom is 0.234 e.